The van der Waals surface area contributed by atoms with Gasteiger partial charge in [0.25, 0.3) is 0 Å². The number of nitrogens with zero attached hydrogens (tertiary/aromatic N) is 1. The second kappa shape index (κ2) is 9.59. The summed E-state index contributed by atoms with van der Waals surface area (Å²) >= 11 is 3.60. The van der Waals surface area contributed by atoms with Gasteiger partial charge < -0.3 is 15.2 Å². The third-order valence-corrected chi connectivity index (χ3v) is 6.11. The van der Waals surface area contributed by atoms with Gasteiger partial charge in [-0.3, -0.25) is 0 Å². The lowest BCUT2D eigenvalue weighted by Gasteiger charge is -2.21. The molecule has 29 heavy (non-hydrogen) atoms. The van der Waals surface area contributed by atoms with Gasteiger partial charge in [0.1, 0.15) is 11.5 Å². The van der Waals surface area contributed by atoms with E-state index < -0.39 is 0 Å². The molecule has 1 aromatic heterocycles. The molecule has 4 nitrogen and oxygen atoms in total. The van der Waals surface area contributed by atoms with Crippen LogP contribution in [0.3, 0.4) is 0 Å². The summed E-state index contributed by atoms with van der Waals surface area (Å²) in [6.45, 7) is 1.44. The number of fused-ring (bicyclic) bond motifs is 1. The molecule has 0 saturated heterocycles. The molecule has 152 valence electrons. The van der Waals surface area contributed by atoms with Crippen molar-refractivity contribution in [2.24, 2.45) is 11.7 Å². The van der Waals surface area contributed by atoms with Crippen LogP contribution in [0.15, 0.2) is 53.0 Å². The van der Waals surface area contributed by atoms with Crippen molar-refractivity contribution in [3.63, 3.8) is 0 Å². The van der Waals surface area contributed by atoms with E-state index in [0.29, 0.717) is 18.3 Å². The monoisotopic (exact) mass is 454 g/mol. The summed E-state index contributed by atoms with van der Waals surface area (Å²) in [4.78, 5) is 4.63. The van der Waals surface area contributed by atoms with Gasteiger partial charge >= 0.3 is 0 Å². The Balaban J connectivity index is 1.42. The molecule has 0 aliphatic heterocycles. The molecule has 1 saturated carbocycles. The van der Waals surface area contributed by atoms with E-state index >= 15 is 0 Å². The SMILES string of the molecule is NCCc1ccc2nc(Oc3ccc(OCC4CCCCC4)cc3Br)ccc2c1. The Morgan fingerprint density at radius 2 is 1.86 bits per heavy atom. The van der Waals surface area contributed by atoms with Crippen LogP contribution < -0.4 is 15.2 Å². The minimum Gasteiger partial charge on any atom is -0.493 e. The summed E-state index contributed by atoms with van der Waals surface area (Å²) in [6, 6.07) is 16.0. The summed E-state index contributed by atoms with van der Waals surface area (Å²) in [5, 5.41) is 1.09. The predicted octanol–water partition coefficient (Wildman–Crippen LogP) is 6.25. The van der Waals surface area contributed by atoms with Crippen molar-refractivity contribution in [3.8, 4) is 17.4 Å². The van der Waals surface area contributed by atoms with Gasteiger partial charge in [-0.2, -0.15) is 0 Å². The lowest BCUT2D eigenvalue weighted by Crippen LogP contribution is -2.15. The van der Waals surface area contributed by atoms with Crippen LogP contribution in [0.5, 0.6) is 17.4 Å². The number of hydrogen-bond acceptors (Lipinski definition) is 4. The lowest BCUT2D eigenvalue weighted by atomic mass is 9.90. The van der Waals surface area contributed by atoms with Crippen LogP contribution >= 0.6 is 15.9 Å². The maximum Gasteiger partial charge on any atom is 0.219 e. The van der Waals surface area contributed by atoms with Crippen molar-refractivity contribution in [1.29, 1.82) is 0 Å². The van der Waals surface area contributed by atoms with Crippen molar-refractivity contribution in [3.05, 3.63) is 58.6 Å². The minimum absolute atomic E-state index is 0.570. The maximum atomic E-state index is 6.01. The fourth-order valence-corrected chi connectivity index (χ4v) is 4.31. The van der Waals surface area contributed by atoms with Crippen molar-refractivity contribution in [2.45, 2.75) is 38.5 Å². The maximum absolute atomic E-state index is 6.01. The Labute approximate surface area is 180 Å². The first-order chi connectivity index (χ1) is 14.2. The number of pyridine rings is 1. The highest BCUT2D eigenvalue weighted by atomic mass is 79.9. The Morgan fingerprint density at radius 3 is 2.66 bits per heavy atom. The molecule has 2 aromatic carbocycles. The molecule has 3 aromatic rings. The summed E-state index contributed by atoms with van der Waals surface area (Å²) in [5.74, 6) is 2.85. The largest absolute Gasteiger partial charge is 0.493 e. The molecule has 2 N–H and O–H groups in total. The topological polar surface area (TPSA) is 57.4 Å². The summed E-state index contributed by atoms with van der Waals surface area (Å²) < 4.78 is 12.9. The number of rotatable bonds is 7. The van der Waals surface area contributed by atoms with Gasteiger partial charge in [-0.15, -0.1) is 0 Å². The first-order valence-corrected chi connectivity index (χ1v) is 11.2. The first kappa shape index (κ1) is 20.2. The second-order valence-electron chi connectivity index (χ2n) is 7.72. The van der Waals surface area contributed by atoms with Crippen LogP contribution in [0.2, 0.25) is 0 Å². The Hall–Kier alpha value is -2.11. The zero-order chi connectivity index (χ0) is 20.1. The van der Waals surface area contributed by atoms with E-state index in [2.05, 4.69) is 33.0 Å². The van der Waals surface area contributed by atoms with Crippen LogP contribution in [0.25, 0.3) is 10.9 Å². The van der Waals surface area contributed by atoms with Gasteiger partial charge in [0.2, 0.25) is 5.88 Å². The highest BCUT2D eigenvalue weighted by molar-refractivity contribution is 9.10. The number of ether oxygens (including phenoxy) is 2. The molecule has 0 atom stereocenters. The third kappa shape index (κ3) is 5.28. The molecule has 1 aliphatic rings. The van der Waals surface area contributed by atoms with E-state index in [0.717, 1.165) is 39.9 Å². The van der Waals surface area contributed by atoms with Crippen LogP contribution in [0, 0.1) is 5.92 Å². The predicted molar refractivity (Wildman–Crippen MR) is 121 cm³/mol. The highest BCUT2D eigenvalue weighted by Crippen LogP contribution is 2.33. The standard InChI is InChI=1S/C24H27BrN2O2/c25-21-15-20(28-16-18-4-2-1-3-5-18)8-10-23(21)29-24-11-7-19-14-17(12-13-26)6-9-22(19)27-24/h6-11,14-15,18H,1-5,12-13,16,26H2. The van der Waals surface area contributed by atoms with Crippen molar-refractivity contribution >= 4 is 26.8 Å². The number of benzene rings is 2. The number of halogens is 1. The normalized spacial score (nSPS) is 14.8. The second-order valence-corrected chi connectivity index (χ2v) is 8.58. The molecule has 0 bridgehead atoms. The Morgan fingerprint density at radius 1 is 1.00 bits per heavy atom. The van der Waals surface area contributed by atoms with E-state index in [1.54, 1.807) is 0 Å². The van der Waals surface area contributed by atoms with E-state index in [9.17, 15) is 0 Å². The van der Waals surface area contributed by atoms with Gasteiger partial charge in [0, 0.05) is 11.5 Å². The third-order valence-electron chi connectivity index (χ3n) is 5.49. The molecule has 0 spiro atoms. The minimum atomic E-state index is 0.570. The van der Waals surface area contributed by atoms with Gasteiger partial charge in [0.05, 0.1) is 16.6 Å². The van der Waals surface area contributed by atoms with E-state index in [1.165, 1.54) is 37.7 Å². The van der Waals surface area contributed by atoms with Crippen molar-refractivity contribution in [1.82, 2.24) is 4.98 Å². The van der Waals surface area contributed by atoms with E-state index in [1.807, 2.05) is 36.4 Å². The molecule has 0 radical (unpaired) electrons. The number of hydrogen-bond donors (Lipinski definition) is 1. The van der Waals surface area contributed by atoms with Crippen LogP contribution in [0.1, 0.15) is 37.7 Å². The van der Waals surface area contributed by atoms with Gasteiger partial charge in [-0.05, 0) is 89.6 Å². The molecule has 1 heterocycles. The summed E-state index contributed by atoms with van der Waals surface area (Å²) in [5.41, 5.74) is 7.78. The molecule has 5 heteroatoms. The number of aromatic nitrogens is 1. The Kier molecular flexibility index (Phi) is 6.67. The van der Waals surface area contributed by atoms with Gasteiger partial charge in [-0.1, -0.05) is 25.3 Å². The van der Waals surface area contributed by atoms with Gasteiger partial charge in [-0.25, -0.2) is 4.98 Å². The molecule has 0 unspecified atom stereocenters. The number of nitrogens with two attached hydrogens (primary N) is 1. The lowest BCUT2D eigenvalue weighted by molar-refractivity contribution is 0.208. The van der Waals surface area contributed by atoms with E-state index in [4.69, 9.17) is 15.2 Å². The quantitative estimate of drug-likeness (QED) is 0.458. The molecular weight excluding hydrogens is 428 g/mol. The molecule has 0 amide bonds. The fourth-order valence-electron chi connectivity index (χ4n) is 3.87. The van der Waals surface area contributed by atoms with Crippen LogP contribution in [0.4, 0.5) is 0 Å². The summed E-state index contributed by atoms with van der Waals surface area (Å²) in [7, 11) is 0. The molecule has 1 fully saturated rings. The summed E-state index contributed by atoms with van der Waals surface area (Å²) in [6.07, 6.45) is 7.46. The van der Waals surface area contributed by atoms with E-state index in [-0.39, 0.29) is 0 Å². The zero-order valence-corrected chi connectivity index (χ0v) is 18.2. The Bertz CT molecular complexity index is 970. The zero-order valence-electron chi connectivity index (χ0n) is 16.6. The molecule has 4 rings (SSSR count). The van der Waals surface area contributed by atoms with Crippen LogP contribution in [-0.4, -0.2) is 18.1 Å². The van der Waals surface area contributed by atoms with Gasteiger partial charge in [0.15, 0.2) is 0 Å². The molecular formula is C24H27BrN2O2. The average molecular weight is 455 g/mol. The first-order valence-electron chi connectivity index (χ1n) is 10.4. The average Bonchev–Trinajstić information content (AvgIpc) is 2.75. The van der Waals surface area contributed by atoms with Crippen LogP contribution in [-0.2, 0) is 6.42 Å². The smallest absolute Gasteiger partial charge is 0.219 e. The van der Waals surface area contributed by atoms with Crippen molar-refractivity contribution in [2.75, 3.05) is 13.2 Å². The molecule has 1 aliphatic carbocycles. The fraction of sp³-hybridized carbons (Fsp3) is 0.375. The van der Waals surface area contributed by atoms with Crippen molar-refractivity contribution < 1.29 is 9.47 Å². The highest BCUT2D eigenvalue weighted by Gasteiger charge is 2.14.